The average molecular weight is 533 g/mol. The van der Waals surface area contributed by atoms with Gasteiger partial charge in [-0.25, -0.2) is 4.79 Å². The van der Waals surface area contributed by atoms with Crippen LogP contribution in [0.1, 0.15) is 32.8 Å². The van der Waals surface area contributed by atoms with E-state index in [4.69, 9.17) is 14.2 Å². The molecule has 1 N–H and O–H groups in total. The Labute approximate surface area is 227 Å². The zero-order chi connectivity index (χ0) is 28.0. The summed E-state index contributed by atoms with van der Waals surface area (Å²) in [4.78, 5) is 40.4. The number of hydrogen-bond acceptors (Lipinski definition) is 6. The van der Waals surface area contributed by atoms with Gasteiger partial charge in [0, 0.05) is 6.54 Å². The zero-order valence-electron chi connectivity index (χ0n) is 22.2. The minimum Gasteiger partial charge on any atom is -0.485 e. The molecule has 9 heteroatoms. The van der Waals surface area contributed by atoms with Crippen LogP contribution in [-0.2, 0) is 20.9 Å². The highest BCUT2D eigenvalue weighted by Gasteiger charge is 2.39. The van der Waals surface area contributed by atoms with Gasteiger partial charge in [0.25, 0.3) is 0 Å². The molecule has 39 heavy (non-hydrogen) atoms. The maximum Gasteiger partial charge on any atom is 0.411 e. The van der Waals surface area contributed by atoms with Crippen molar-refractivity contribution in [2.75, 3.05) is 18.0 Å². The summed E-state index contributed by atoms with van der Waals surface area (Å²) in [6, 6.07) is 23.2. The Hall–Kier alpha value is -4.53. The van der Waals surface area contributed by atoms with Gasteiger partial charge < -0.3 is 24.2 Å². The fourth-order valence-corrected chi connectivity index (χ4v) is 4.19. The first-order valence-corrected chi connectivity index (χ1v) is 12.6. The van der Waals surface area contributed by atoms with E-state index < -0.39 is 23.7 Å². The summed E-state index contributed by atoms with van der Waals surface area (Å²) in [7, 11) is 0. The lowest BCUT2D eigenvalue weighted by Crippen LogP contribution is -2.59. The van der Waals surface area contributed by atoms with Crippen molar-refractivity contribution < 1.29 is 33.7 Å². The number of para-hydroxylation sites is 4. The number of carbonyl (C=O) groups excluding carboxylic acids is 2. The fraction of sp³-hybridized carbons (Fsp3) is 0.300. The van der Waals surface area contributed by atoms with E-state index in [1.165, 1.54) is 9.80 Å². The number of rotatable bonds is 8. The van der Waals surface area contributed by atoms with Crippen LogP contribution in [-0.4, -0.2) is 52.7 Å². The number of nitrogens with zero attached hydrogens (tertiary/aromatic N) is 2. The van der Waals surface area contributed by atoms with Gasteiger partial charge in [0.2, 0.25) is 5.91 Å². The van der Waals surface area contributed by atoms with E-state index in [0.29, 0.717) is 29.5 Å². The Morgan fingerprint density at radius 3 is 2.18 bits per heavy atom. The number of piperazine rings is 1. The molecule has 1 atom stereocenters. The van der Waals surface area contributed by atoms with Crippen LogP contribution >= 0.6 is 0 Å². The molecule has 0 aliphatic carbocycles. The third-order valence-corrected chi connectivity index (χ3v) is 5.94. The van der Waals surface area contributed by atoms with Crippen molar-refractivity contribution in [2.24, 2.45) is 0 Å². The molecule has 1 saturated heterocycles. The van der Waals surface area contributed by atoms with Gasteiger partial charge in [-0.15, -0.1) is 0 Å². The topological polar surface area (TPSA) is 106 Å². The normalized spacial score (nSPS) is 15.6. The Bertz CT molecular complexity index is 1320. The monoisotopic (exact) mass is 532 g/mol. The fourth-order valence-electron chi connectivity index (χ4n) is 4.19. The van der Waals surface area contributed by atoms with Gasteiger partial charge in [0.15, 0.2) is 17.2 Å². The number of ether oxygens (including phenoxy) is 3. The molecule has 1 aliphatic heterocycles. The average Bonchev–Trinajstić information content (AvgIpc) is 2.89. The molecule has 2 amide bonds. The van der Waals surface area contributed by atoms with Crippen LogP contribution in [0.4, 0.5) is 10.5 Å². The molecule has 1 aliphatic rings. The molecule has 204 valence electrons. The van der Waals surface area contributed by atoms with Crippen LogP contribution in [0.3, 0.4) is 0 Å². The van der Waals surface area contributed by atoms with Crippen molar-refractivity contribution in [2.45, 2.75) is 45.4 Å². The van der Waals surface area contributed by atoms with E-state index in [0.717, 1.165) is 5.56 Å². The molecule has 1 unspecified atom stereocenters. The van der Waals surface area contributed by atoms with Crippen molar-refractivity contribution in [3.8, 4) is 17.2 Å². The van der Waals surface area contributed by atoms with Crippen LogP contribution in [0.5, 0.6) is 17.2 Å². The molecular formula is C30H32N2O7. The van der Waals surface area contributed by atoms with Crippen LogP contribution < -0.4 is 14.4 Å². The Balaban J connectivity index is 1.57. The number of anilines is 1. The first kappa shape index (κ1) is 27.5. The van der Waals surface area contributed by atoms with E-state index in [-0.39, 0.29) is 25.4 Å². The lowest BCUT2D eigenvalue weighted by molar-refractivity contribution is -0.139. The summed E-state index contributed by atoms with van der Waals surface area (Å²) in [5, 5.41) is 9.51. The van der Waals surface area contributed by atoms with Crippen LogP contribution in [0.2, 0.25) is 0 Å². The summed E-state index contributed by atoms with van der Waals surface area (Å²) >= 11 is 0. The third kappa shape index (κ3) is 7.28. The smallest absolute Gasteiger partial charge is 0.411 e. The van der Waals surface area contributed by atoms with Gasteiger partial charge >= 0.3 is 12.1 Å². The van der Waals surface area contributed by atoms with E-state index >= 15 is 0 Å². The van der Waals surface area contributed by atoms with Crippen molar-refractivity contribution in [3.05, 3.63) is 84.4 Å². The highest BCUT2D eigenvalue weighted by Crippen LogP contribution is 2.38. The van der Waals surface area contributed by atoms with Gasteiger partial charge in [-0.2, -0.15) is 0 Å². The zero-order valence-corrected chi connectivity index (χ0v) is 22.2. The second-order valence-corrected chi connectivity index (χ2v) is 10.2. The van der Waals surface area contributed by atoms with Crippen LogP contribution in [0, 0.1) is 0 Å². The maximum absolute atomic E-state index is 13.3. The minimum atomic E-state index is -1.09. The Morgan fingerprint density at radius 2 is 1.51 bits per heavy atom. The number of carboxylic acid groups (broad SMARTS) is 1. The van der Waals surface area contributed by atoms with Crippen molar-refractivity contribution in [1.82, 2.24) is 4.90 Å². The van der Waals surface area contributed by atoms with Gasteiger partial charge in [-0.3, -0.25) is 14.5 Å². The van der Waals surface area contributed by atoms with Gasteiger partial charge in [0.05, 0.1) is 18.2 Å². The molecule has 0 radical (unpaired) electrons. The minimum absolute atomic E-state index is 0.0308. The highest BCUT2D eigenvalue weighted by molar-refractivity contribution is 5.99. The molecule has 3 aromatic carbocycles. The SMILES string of the molecule is CC(C)(C)OC(=O)N1CC(=O)N(c2ccccc2Oc2ccccc2OCc2ccccc2)CC1CC(=O)O. The van der Waals surface area contributed by atoms with Gasteiger partial charge in [0.1, 0.15) is 18.8 Å². The van der Waals surface area contributed by atoms with Gasteiger partial charge in [-0.1, -0.05) is 54.6 Å². The number of carboxylic acids is 1. The van der Waals surface area contributed by atoms with E-state index in [2.05, 4.69) is 0 Å². The largest absolute Gasteiger partial charge is 0.485 e. The summed E-state index contributed by atoms with van der Waals surface area (Å²) in [5.74, 6) is -0.0887. The molecule has 3 aromatic rings. The molecular weight excluding hydrogens is 500 g/mol. The highest BCUT2D eigenvalue weighted by atomic mass is 16.6. The second-order valence-electron chi connectivity index (χ2n) is 10.2. The summed E-state index contributed by atoms with van der Waals surface area (Å²) in [5.41, 5.74) is 0.673. The van der Waals surface area contributed by atoms with Crippen LogP contribution in [0.15, 0.2) is 78.9 Å². The van der Waals surface area contributed by atoms with E-state index in [1.54, 1.807) is 57.2 Å². The van der Waals surface area contributed by atoms with Crippen LogP contribution in [0.25, 0.3) is 0 Å². The Kier molecular flexibility index (Phi) is 8.39. The molecule has 1 fully saturated rings. The first-order chi connectivity index (χ1) is 18.6. The van der Waals surface area contributed by atoms with Crippen molar-refractivity contribution in [3.63, 3.8) is 0 Å². The summed E-state index contributed by atoms with van der Waals surface area (Å²) < 4.78 is 17.7. The number of aliphatic carboxylic acids is 1. The third-order valence-electron chi connectivity index (χ3n) is 5.94. The maximum atomic E-state index is 13.3. The molecule has 1 heterocycles. The first-order valence-electron chi connectivity index (χ1n) is 12.6. The van der Waals surface area contributed by atoms with E-state index in [9.17, 15) is 19.5 Å². The summed E-state index contributed by atoms with van der Waals surface area (Å²) in [6.07, 6.45) is -1.07. The molecule has 0 saturated carbocycles. The second kappa shape index (κ2) is 11.9. The van der Waals surface area contributed by atoms with Crippen molar-refractivity contribution in [1.29, 1.82) is 0 Å². The lowest BCUT2D eigenvalue weighted by atomic mass is 10.1. The number of amides is 2. The molecule has 0 bridgehead atoms. The van der Waals surface area contributed by atoms with Gasteiger partial charge in [-0.05, 0) is 50.6 Å². The number of carbonyl (C=O) groups is 3. The molecule has 0 aromatic heterocycles. The van der Waals surface area contributed by atoms with E-state index in [1.807, 2.05) is 42.5 Å². The standard InChI is InChI=1S/C30H32N2O7/c1-30(2,3)39-29(36)31-19-27(33)32(18-22(31)17-28(34)35)23-13-7-8-14-24(23)38-26-16-10-9-15-25(26)37-20-21-11-5-4-6-12-21/h4-16,22H,17-20H2,1-3H3,(H,34,35). The number of benzene rings is 3. The summed E-state index contributed by atoms with van der Waals surface area (Å²) in [6.45, 7) is 5.14. The Morgan fingerprint density at radius 1 is 0.897 bits per heavy atom. The predicted molar refractivity (Wildman–Crippen MR) is 145 cm³/mol. The molecule has 4 rings (SSSR count). The lowest BCUT2D eigenvalue weighted by Gasteiger charge is -2.41. The number of hydrogen-bond donors (Lipinski definition) is 1. The molecule has 0 spiro atoms. The molecule has 9 nitrogen and oxygen atoms in total. The van der Waals surface area contributed by atoms with Crippen molar-refractivity contribution >= 4 is 23.7 Å². The predicted octanol–water partition coefficient (Wildman–Crippen LogP) is 5.48. The quantitative estimate of drug-likeness (QED) is 0.409.